The van der Waals surface area contributed by atoms with Crippen molar-refractivity contribution >= 4 is 11.6 Å². The predicted molar refractivity (Wildman–Crippen MR) is 128 cm³/mol. The second-order valence-corrected chi connectivity index (χ2v) is 8.09. The van der Waals surface area contributed by atoms with E-state index in [2.05, 4.69) is 42.1 Å². The van der Waals surface area contributed by atoms with E-state index in [4.69, 9.17) is 9.47 Å². The van der Waals surface area contributed by atoms with Gasteiger partial charge in [0.2, 0.25) is 0 Å². The number of benzene rings is 2. The van der Waals surface area contributed by atoms with E-state index in [1.807, 2.05) is 24.3 Å². The van der Waals surface area contributed by atoms with Gasteiger partial charge in [0.25, 0.3) is 5.91 Å². The smallest absolute Gasteiger partial charge is 0.259 e. The minimum atomic E-state index is -0.116. The van der Waals surface area contributed by atoms with Crippen LogP contribution in [0.2, 0.25) is 0 Å². The van der Waals surface area contributed by atoms with E-state index in [1.165, 1.54) is 11.1 Å². The lowest BCUT2D eigenvalue weighted by molar-refractivity contribution is 0.0798. The Morgan fingerprint density at radius 3 is 2.52 bits per heavy atom. The Morgan fingerprint density at radius 1 is 1.00 bits per heavy atom. The molecule has 0 unspecified atom stereocenters. The average Bonchev–Trinajstić information content (AvgIpc) is 3.27. The van der Waals surface area contributed by atoms with Gasteiger partial charge in [-0.1, -0.05) is 18.2 Å². The van der Waals surface area contributed by atoms with Crippen molar-refractivity contribution in [2.75, 3.05) is 27.8 Å². The van der Waals surface area contributed by atoms with Crippen molar-refractivity contribution in [2.45, 2.75) is 20.3 Å². The van der Waals surface area contributed by atoms with Crippen LogP contribution < -0.4 is 9.47 Å². The van der Waals surface area contributed by atoms with Gasteiger partial charge >= 0.3 is 0 Å². The van der Waals surface area contributed by atoms with Gasteiger partial charge in [0.15, 0.2) is 17.1 Å². The van der Waals surface area contributed by atoms with Crippen LogP contribution in [0, 0.1) is 13.8 Å². The molecular formula is C26H28N4O3. The molecule has 0 saturated carbocycles. The molecule has 0 aliphatic carbocycles. The number of amides is 1. The van der Waals surface area contributed by atoms with Gasteiger partial charge in [-0.25, -0.2) is 9.50 Å². The lowest BCUT2D eigenvalue weighted by Gasteiger charge is -2.17. The van der Waals surface area contributed by atoms with Crippen LogP contribution in [0.5, 0.6) is 11.5 Å². The van der Waals surface area contributed by atoms with Crippen LogP contribution >= 0.6 is 0 Å². The van der Waals surface area contributed by atoms with E-state index in [1.54, 1.807) is 43.1 Å². The Hall–Kier alpha value is -3.87. The maximum absolute atomic E-state index is 13.2. The molecule has 0 N–H and O–H groups in total. The number of hydrogen-bond donors (Lipinski definition) is 0. The quantitative estimate of drug-likeness (QED) is 0.424. The predicted octanol–water partition coefficient (Wildman–Crippen LogP) is 4.35. The number of nitrogens with zero attached hydrogens (tertiary/aromatic N) is 4. The molecular weight excluding hydrogens is 416 g/mol. The van der Waals surface area contributed by atoms with E-state index in [9.17, 15) is 4.79 Å². The molecule has 7 heteroatoms. The molecule has 7 nitrogen and oxygen atoms in total. The Morgan fingerprint density at radius 2 is 1.79 bits per heavy atom. The van der Waals surface area contributed by atoms with Gasteiger partial charge in [-0.15, -0.1) is 0 Å². The SMILES string of the molecule is COc1ccc(CCN(C)C(=O)c2cnn3c(-c4ccc(C)c(C)c4)ccnc23)cc1OC. The number of carbonyl (C=O) groups excluding carboxylic acids is 1. The number of aryl methyl sites for hydroxylation is 2. The first kappa shape index (κ1) is 22.3. The van der Waals surface area contributed by atoms with Crippen molar-refractivity contribution in [1.82, 2.24) is 19.5 Å². The molecule has 0 spiro atoms. The number of methoxy groups -OCH3 is 2. The van der Waals surface area contributed by atoms with Crippen LogP contribution in [-0.4, -0.2) is 53.2 Å². The standard InChI is InChI=1S/C26H28N4O3/c1-17-6-8-20(14-18(17)2)22-10-12-27-25-21(16-28-30(22)25)26(31)29(3)13-11-19-7-9-23(32-4)24(15-19)33-5/h6-10,12,14-16H,11,13H2,1-5H3. The number of rotatable bonds is 7. The van der Waals surface area contributed by atoms with Crippen molar-refractivity contribution in [3.8, 4) is 22.8 Å². The van der Waals surface area contributed by atoms with E-state index in [0.717, 1.165) is 16.8 Å². The summed E-state index contributed by atoms with van der Waals surface area (Å²) in [5, 5.41) is 4.49. The Balaban J connectivity index is 1.55. The van der Waals surface area contributed by atoms with Crippen LogP contribution in [0.25, 0.3) is 16.9 Å². The molecule has 4 aromatic rings. The minimum absolute atomic E-state index is 0.116. The molecule has 0 fully saturated rings. The molecule has 2 aromatic carbocycles. The van der Waals surface area contributed by atoms with Crippen molar-refractivity contribution in [1.29, 1.82) is 0 Å². The number of likely N-dealkylation sites (N-methyl/N-ethyl adjacent to an activating group) is 1. The summed E-state index contributed by atoms with van der Waals surface area (Å²) in [7, 11) is 5.01. The molecule has 2 heterocycles. The van der Waals surface area contributed by atoms with E-state index < -0.39 is 0 Å². The molecule has 170 valence electrons. The van der Waals surface area contributed by atoms with Crippen LogP contribution in [0.15, 0.2) is 54.9 Å². The lowest BCUT2D eigenvalue weighted by atomic mass is 10.0. The molecule has 0 bridgehead atoms. The topological polar surface area (TPSA) is 69.0 Å². The van der Waals surface area contributed by atoms with Crippen molar-refractivity contribution in [3.05, 3.63) is 77.1 Å². The fraction of sp³-hybridized carbons (Fsp3) is 0.269. The summed E-state index contributed by atoms with van der Waals surface area (Å²) in [6.07, 6.45) is 4.01. The van der Waals surface area contributed by atoms with Gasteiger partial charge in [-0.3, -0.25) is 4.79 Å². The molecule has 2 aromatic heterocycles. The number of ether oxygens (including phenoxy) is 2. The zero-order chi connectivity index (χ0) is 23.5. The summed E-state index contributed by atoms with van der Waals surface area (Å²) in [4.78, 5) is 19.3. The Bertz CT molecular complexity index is 1310. The highest BCUT2D eigenvalue weighted by molar-refractivity contribution is 5.99. The molecule has 0 aliphatic rings. The number of carbonyl (C=O) groups is 1. The van der Waals surface area contributed by atoms with E-state index in [-0.39, 0.29) is 5.91 Å². The fourth-order valence-electron chi connectivity index (χ4n) is 3.80. The summed E-state index contributed by atoms with van der Waals surface area (Å²) in [5.41, 5.74) is 6.46. The maximum atomic E-state index is 13.2. The summed E-state index contributed by atoms with van der Waals surface area (Å²) in [6, 6.07) is 14.0. The third kappa shape index (κ3) is 4.39. The zero-order valence-corrected chi connectivity index (χ0v) is 19.6. The molecule has 0 radical (unpaired) electrons. The first-order chi connectivity index (χ1) is 15.9. The Kier molecular flexibility index (Phi) is 6.31. The monoisotopic (exact) mass is 444 g/mol. The zero-order valence-electron chi connectivity index (χ0n) is 19.6. The van der Waals surface area contributed by atoms with Crippen molar-refractivity contribution in [2.24, 2.45) is 0 Å². The summed E-state index contributed by atoms with van der Waals surface area (Å²) in [6.45, 7) is 4.72. The average molecular weight is 445 g/mol. The van der Waals surface area contributed by atoms with Crippen LogP contribution in [0.3, 0.4) is 0 Å². The largest absolute Gasteiger partial charge is 0.493 e. The van der Waals surface area contributed by atoms with Gasteiger partial charge < -0.3 is 14.4 Å². The van der Waals surface area contributed by atoms with Crippen LogP contribution in [0.1, 0.15) is 27.0 Å². The first-order valence-electron chi connectivity index (χ1n) is 10.8. The van der Waals surface area contributed by atoms with Gasteiger partial charge in [-0.2, -0.15) is 5.10 Å². The van der Waals surface area contributed by atoms with Gasteiger partial charge in [0, 0.05) is 25.4 Å². The third-order valence-corrected chi connectivity index (χ3v) is 5.96. The van der Waals surface area contributed by atoms with Gasteiger partial charge in [0.1, 0.15) is 5.56 Å². The second-order valence-electron chi connectivity index (χ2n) is 8.09. The normalized spacial score (nSPS) is 10.9. The van der Waals surface area contributed by atoms with Gasteiger partial charge in [-0.05, 0) is 61.2 Å². The number of fused-ring (bicyclic) bond motifs is 1. The van der Waals surface area contributed by atoms with Gasteiger partial charge in [0.05, 0.1) is 26.1 Å². The fourth-order valence-corrected chi connectivity index (χ4v) is 3.80. The molecule has 0 atom stereocenters. The highest BCUT2D eigenvalue weighted by atomic mass is 16.5. The highest BCUT2D eigenvalue weighted by Crippen LogP contribution is 2.28. The summed E-state index contributed by atoms with van der Waals surface area (Å²) >= 11 is 0. The summed E-state index contributed by atoms with van der Waals surface area (Å²) in [5.74, 6) is 1.24. The van der Waals surface area contributed by atoms with Crippen LogP contribution in [0.4, 0.5) is 0 Å². The molecule has 0 aliphatic heterocycles. The third-order valence-electron chi connectivity index (χ3n) is 5.96. The number of aromatic nitrogens is 3. The number of hydrogen-bond acceptors (Lipinski definition) is 5. The molecule has 1 amide bonds. The second kappa shape index (κ2) is 9.32. The minimum Gasteiger partial charge on any atom is -0.493 e. The first-order valence-corrected chi connectivity index (χ1v) is 10.8. The van der Waals surface area contributed by atoms with E-state index in [0.29, 0.717) is 35.7 Å². The van der Waals surface area contributed by atoms with Crippen molar-refractivity contribution in [3.63, 3.8) is 0 Å². The van der Waals surface area contributed by atoms with Crippen molar-refractivity contribution < 1.29 is 14.3 Å². The molecule has 0 saturated heterocycles. The van der Waals surface area contributed by atoms with Crippen LogP contribution in [-0.2, 0) is 6.42 Å². The Labute approximate surface area is 193 Å². The highest BCUT2D eigenvalue weighted by Gasteiger charge is 2.20. The molecule has 4 rings (SSSR count). The van der Waals surface area contributed by atoms with E-state index >= 15 is 0 Å². The maximum Gasteiger partial charge on any atom is 0.259 e. The molecule has 33 heavy (non-hydrogen) atoms. The summed E-state index contributed by atoms with van der Waals surface area (Å²) < 4.78 is 12.4. The lowest BCUT2D eigenvalue weighted by Crippen LogP contribution is -2.28.